The van der Waals surface area contributed by atoms with Crippen LogP contribution in [0.5, 0.6) is 11.5 Å². The monoisotopic (exact) mass is 613 g/mol. The molecule has 3 heterocycles. The van der Waals surface area contributed by atoms with Crippen molar-refractivity contribution in [3.63, 3.8) is 0 Å². The fourth-order valence-electron chi connectivity index (χ4n) is 5.98. The molecule has 0 saturated carbocycles. The van der Waals surface area contributed by atoms with E-state index < -0.39 is 0 Å². The van der Waals surface area contributed by atoms with Crippen LogP contribution in [-0.2, 0) is 13.0 Å². The molecule has 1 aliphatic carbocycles. The maximum absolute atomic E-state index is 14.8. The summed E-state index contributed by atoms with van der Waals surface area (Å²) in [5.41, 5.74) is 9.70. The Morgan fingerprint density at radius 2 is 1.74 bits per heavy atom. The van der Waals surface area contributed by atoms with E-state index in [1.807, 2.05) is 73.7 Å². The molecule has 3 aromatic carbocycles. The zero-order chi connectivity index (χ0) is 31.6. The van der Waals surface area contributed by atoms with Crippen molar-refractivity contribution in [2.75, 3.05) is 27.2 Å². The molecule has 0 saturated heterocycles. The van der Waals surface area contributed by atoms with Crippen LogP contribution >= 0.6 is 0 Å². The molecule has 46 heavy (non-hydrogen) atoms. The molecule has 7 rings (SSSR count). The lowest BCUT2D eigenvalue weighted by molar-refractivity contribution is 0.260. The van der Waals surface area contributed by atoms with Gasteiger partial charge in [0.05, 0.1) is 17.4 Å². The lowest BCUT2D eigenvalue weighted by atomic mass is 9.86. The molecule has 0 amide bonds. The molecular weight excluding hydrogens is 577 g/mol. The molecule has 1 aliphatic rings. The van der Waals surface area contributed by atoms with Gasteiger partial charge in [-0.2, -0.15) is 5.10 Å². The summed E-state index contributed by atoms with van der Waals surface area (Å²) in [5, 5.41) is 8.91. The topological polar surface area (TPSA) is 79.1 Å². The Morgan fingerprint density at radius 3 is 2.59 bits per heavy atom. The Morgan fingerprint density at radius 1 is 0.891 bits per heavy atom. The van der Waals surface area contributed by atoms with Gasteiger partial charge in [0, 0.05) is 41.0 Å². The van der Waals surface area contributed by atoms with Crippen molar-refractivity contribution >= 4 is 16.5 Å². The van der Waals surface area contributed by atoms with Gasteiger partial charge in [0.1, 0.15) is 36.2 Å². The minimum Gasteiger partial charge on any atom is -0.492 e. The Bertz CT molecular complexity index is 2030. The van der Waals surface area contributed by atoms with Gasteiger partial charge in [0.25, 0.3) is 0 Å². The molecule has 0 radical (unpaired) electrons. The third-order valence-corrected chi connectivity index (χ3v) is 8.27. The van der Waals surface area contributed by atoms with Gasteiger partial charge in [-0.25, -0.2) is 4.39 Å². The first-order chi connectivity index (χ1) is 22.4. The SMILES string of the molecule is CC1C=C(c2cc(F)cc(OCCN(C)C)c2)c2cc(-c3n[nH]c4ccc(-c5cncc(OCc6ccccc6)c5)cc34)[nH]c2C1. The molecule has 0 aliphatic heterocycles. The van der Waals surface area contributed by atoms with Crippen molar-refractivity contribution in [1.29, 1.82) is 0 Å². The van der Waals surface area contributed by atoms with Gasteiger partial charge < -0.3 is 19.4 Å². The first-order valence-electron chi connectivity index (χ1n) is 15.5. The molecule has 1 atom stereocenters. The number of halogens is 1. The lowest BCUT2D eigenvalue weighted by Crippen LogP contribution is -2.19. The van der Waals surface area contributed by atoms with Crippen molar-refractivity contribution in [3.05, 3.63) is 126 Å². The van der Waals surface area contributed by atoms with Crippen LogP contribution < -0.4 is 9.47 Å². The smallest absolute Gasteiger partial charge is 0.138 e. The molecule has 7 nitrogen and oxygen atoms in total. The Hall–Kier alpha value is -5.21. The Labute approximate surface area is 267 Å². The highest BCUT2D eigenvalue weighted by Crippen LogP contribution is 2.39. The number of benzene rings is 3. The van der Waals surface area contributed by atoms with Crippen molar-refractivity contribution in [2.45, 2.75) is 20.0 Å². The maximum atomic E-state index is 14.8. The predicted molar refractivity (Wildman–Crippen MR) is 180 cm³/mol. The molecule has 232 valence electrons. The molecule has 8 heteroatoms. The average Bonchev–Trinajstić information content (AvgIpc) is 3.67. The minimum atomic E-state index is -0.316. The zero-order valence-corrected chi connectivity index (χ0v) is 26.2. The van der Waals surface area contributed by atoms with Gasteiger partial charge in [-0.3, -0.25) is 10.1 Å². The number of aromatic nitrogens is 4. The molecule has 6 aromatic rings. The summed E-state index contributed by atoms with van der Waals surface area (Å²) in [7, 11) is 3.97. The Kier molecular flexibility index (Phi) is 8.11. The Balaban J connectivity index is 1.18. The summed E-state index contributed by atoms with van der Waals surface area (Å²) in [4.78, 5) is 10.1. The number of fused-ring (bicyclic) bond motifs is 2. The van der Waals surface area contributed by atoms with Crippen molar-refractivity contribution < 1.29 is 13.9 Å². The normalized spacial score (nSPS) is 14.4. The van der Waals surface area contributed by atoms with Crippen LogP contribution in [0.15, 0.2) is 97.3 Å². The minimum absolute atomic E-state index is 0.279. The van der Waals surface area contributed by atoms with Crippen LogP contribution in [-0.4, -0.2) is 52.3 Å². The summed E-state index contributed by atoms with van der Waals surface area (Å²) >= 11 is 0. The third kappa shape index (κ3) is 6.30. The number of rotatable bonds is 10. The number of ether oxygens (including phenoxy) is 2. The van der Waals surface area contributed by atoms with E-state index in [9.17, 15) is 4.39 Å². The quantitative estimate of drug-likeness (QED) is 0.164. The molecule has 1 unspecified atom stereocenters. The second kappa shape index (κ2) is 12.7. The number of H-pyrrole nitrogens is 2. The second-order valence-electron chi connectivity index (χ2n) is 12.2. The number of nitrogens with zero attached hydrogens (tertiary/aromatic N) is 3. The van der Waals surface area contributed by atoms with E-state index in [-0.39, 0.29) is 11.7 Å². The number of allylic oxidation sites excluding steroid dienone is 1. The van der Waals surface area contributed by atoms with Crippen LogP contribution in [0, 0.1) is 11.7 Å². The van der Waals surface area contributed by atoms with Gasteiger partial charge in [0.15, 0.2) is 0 Å². The fraction of sp³-hybridized carbons (Fsp3) is 0.211. The van der Waals surface area contributed by atoms with Crippen LogP contribution in [0.1, 0.15) is 29.3 Å². The standard InChI is InChI=1S/C38H36FN5O2/c1-24-13-32(27-15-29(39)19-30(16-27)45-12-11-44(2)3)33-20-37(41-36(33)14-24)38-34-18-26(9-10-35(34)42-43-38)28-17-31(22-40-21-28)46-23-25-7-5-4-6-8-25/h4-10,13,15-22,24,41H,11-12,14,23H2,1-3H3,(H,42,43). The van der Waals surface area contributed by atoms with E-state index in [0.717, 1.165) is 74.3 Å². The molecule has 0 fully saturated rings. The molecule has 0 spiro atoms. The summed E-state index contributed by atoms with van der Waals surface area (Å²) in [6.07, 6.45) is 6.66. The zero-order valence-electron chi connectivity index (χ0n) is 26.2. The van der Waals surface area contributed by atoms with Crippen molar-refractivity contribution in [1.82, 2.24) is 25.1 Å². The van der Waals surface area contributed by atoms with Crippen LogP contribution in [0.4, 0.5) is 4.39 Å². The first-order valence-corrected chi connectivity index (χ1v) is 15.5. The van der Waals surface area contributed by atoms with E-state index >= 15 is 0 Å². The van der Waals surface area contributed by atoms with E-state index in [1.54, 1.807) is 12.3 Å². The number of hydrogen-bond acceptors (Lipinski definition) is 5. The number of likely N-dealkylation sites (N-methyl/N-ethyl adjacent to an activating group) is 1. The first kappa shape index (κ1) is 29.5. The van der Waals surface area contributed by atoms with Gasteiger partial charge in [-0.15, -0.1) is 0 Å². The van der Waals surface area contributed by atoms with E-state index in [4.69, 9.17) is 14.6 Å². The molecular formula is C38H36FN5O2. The number of hydrogen-bond donors (Lipinski definition) is 2. The highest BCUT2D eigenvalue weighted by Gasteiger charge is 2.24. The summed E-state index contributed by atoms with van der Waals surface area (Å²) in [6.45, 7) is 3.89. The van der Waals surface area contributed by atoms with Gasteiger partial charge in [-0.05, 0) is 85.1 Å². The maximum Gasteiger partial charge on any atom is 0.138 e. The average molecular weight is 614 g/mol. The van der Waals surface area contributed by atoms with Gasteiger partial charge >= 0.3 is 0 Å². The largest absolute Gasteiger partial charge is 0.492 e. The van der Waals surface area contributed by atoms with Crippen LogP contribution in [0.3, 0.4) is 0 Å². The van der Waals surface area contributed by atoms with Crippen molar-refractivity contribution in [3.8, 4) is 34.0 Å². The van der Waals surface area contributed by atoms with Crippen LogP contribution in [0.2, 0.25) is 0 Å². The lowest BCUT2D eigenvalue weighted by Gasteiger charge is -2.20. The third-order valence-electron chi connectivity index (χ3n) is 8.27. The molecule has 3 aromatic heterocycles. The summed E-state index contributed by atoms with van der Waals surface area (Å²) in [6, 6.07) is 25.4. The molecule has 0 bridgehead atoms. The van der Waals surface area contributed by atoms with Crippen molar-refractivity contribution in [2.24, 2.45) is 5.92 Å². The van der Waals surface area contributed by atoms with Crippen LogP contribution in [0.25, 0.3) is 39.0 Å². The summed E-state index contributed by atoms with van der Waals surface area (Å²) in [5.74, 6) is 1.21. The number of pyridine rings is 1. The highest BCUT2D eigenvalue weighted by molar-refractivity contribution is 5.96. The fourth-order valence-corrected chi connectivity index (χ4v) is 5.98. The highest BCUT2D eigenvalue weighted by atomic mass is 19.1. The van der Waals surface area contributed by atoms with E-state index in [0.29, 0.717) is 24.7 Å². The predicted octanol–water partition coefficient (Wildman–Crippen LogP) is 7.90. The van der Waals surface area contributed by atoms with Gasteiger partial charge in [-0.1, -0.05) is 49.4 Å². The van der Waals surface area contributed by atoms with Gasteiger partial charge in [0.2, 0.25) is 0 Å². The second-order valence-corrected chi connectivity index (χ2v) is 12.2. The molecule has 2 N–H and O–H groups in total. The van der Waals surface area contributed by atoms with E-state index in [1.165, 1.54) is 6.07 Å². The number of aromatic amines is 2. The number of nitrogens with one attached hydrogen (secondary N) is 2. The van der Waals surface area contributed by atoms with E-state index in [2.05, 4.69) is 46.3 Å². The summed E-state index contributed by atoms with van der Waals surface area (Å²) < 4.78 is 26.8.